The van der Waals surface area contributed by atoms with Crippen LogP contribution in [0.3, 0.4) is 0 Å². The van der Waals surface area contributed by atoms with Crippen LogP contribution in [-0.4, -0.2) is 48.1 Å². The number of aromatic nitrogens is 2. The minimum atomic E-state index is 0.729. The van der Waals surface area contributed by atoms with Gasteiger partial charge in [0.25, 0.3) is 0 Å². The summed E-state index contributed by atoms with van der Waals surface area (Å²) in [4.78, 5) is 11.8. The molecule has 1 aliphatic heterocycles. The summed E-state index contributed by atoms with van der Waals surface area (Å²) in [5.41, 5.74) is 1.11. The zero-order valence-electron chi connectivity index (χ0n) is 13.9. The minimum Gasteiger partial charge on any atom is -0.373 e. The summed E-state index contributed by atoms with van der Waals surface area (Å²) in [7, 11) is 1.92. The van der Waals surface area contributed by atoms with Crippen molar-refractivity contribution in [1.82, 2.24) is 14.9 Å². The molecule has 21 heavy (non-hydrogen) atoms. The van der Waals surface area contributed by atoms with Gasteiger partial charge in [-0.1, -0.05) is 13.8 Å². The third kappa shape index (κ3) is 4.06. The Bertz CT molecular complexity index is 460. The van der Waals surface area contributed by atoms with Crippen LogP contribution in [-0.2, 0) is 6.42 Å². The molecular weight excluding hydrogens is 262 g/mol. The zero-order valence-corrected chi connectivity index (χ0v) is 13.9. The first-order valence-electron chi connectivity index (χ1n) is 8.19. The molecule has 1 aliphatic rings. The molecule has 2 rings (SSSR count). The maximum atomic E-state index is 4.69. The molecule has 1 saturated heterocycles. The molecule has 2 heterocycles. The Morgan fingerprint density at radius 3 is 2.62 bits per heavy atom. The summed E-state index contributed by atoms with van der Waals surface area (Å²) in [5.74, 6) is 3.59. The number of hydrogen-bond donors (Lipinski definition) is 2. The van der Waals surface area contributed by atoms with Crippen LogP contribution < -0.4 is 10.6 Å². The van der Waals surface area contributed by atoms with Crippen molar-refractivity contribution >= 4 is 11.6 Å². The van der Waals surface area contributed by atoms with Gasteiger partial charge in [-0.25, -0.2) is 9.97 Å². The average molecular weight is 291 g/mol. The second kappa shape index (κ2) is 7.59. The van der Waals surface area contributed by atoms with Gasteiger partial charge in [-0.05, 0) is 38.8 Å². The topological polar surface area (TPSA) is 53.1 Å². The van der Waals surface area contributed by atoms with Crippen molar-refractivity contribution in [3.05, 3.63) is 11.4 Å². The highest BCUT2D eigenvalue weighted by atomic mass is 15.2. The van der Waals surface area contributed by atoms with Crippen LogP contribution in [0.4, 0.5) is 11.6 Å². The Labute approximate surface area is 128 Å². The van der Waals surface area contributed by atoms with E-state index in [1.165, 1.54) is 19.5 Å². The number of hydrogen-bond acceptors (Lipinski definition) is 5. The van der Waals surface area contributed by atoms with Crippen LogP contribution in [0.1, 0.15) is 38.1 Å². The Balaban J connectivity index is 2.03. The average Bonchev–Trinajstić information content (AvgIpc) is 2.95. The van der Waals surface area contributed by atoms with Crippen LogP contribution in [0.15, 0.2) is 0 Å². The fourth-order valence-electron chi connectivity index (χ4n) is 2.92. The third-order valence-corrected chi connectivity index (χ3v) is 4.28. The summed E-state index contributed by atoms with van der Waals surface area (Å²) in [6.07, 6.45) is 3.28. The van der Waals surface area contributed by atoms with Gasteiger partial charge in [-0.2, -0.15) is 0 Å². The number of likely N-dealkylation sites (tertiary alicyclic amines) is 1. The maximum absolute atomic E-state index is 4.69. The fourth-order valence-corrected chi connectivity index (χ4v) is 2.92. The molecule has 2 N–H and O–H groups in total. The van der Waals surface area contributed by atoms with Crippen molar-refractivity contribution in [3.63, 3.8) is 0 Å². The van der Waals surface area contributed by atoms with E-state index in [1.807, 2.05) is 7.05 Å². The molecule has 0 spiro atoms. The van der Waals surface area contributed by atoms with E-state index >= 15 is 0 Å². The van der Waals surface area contributed by atoms with Gasteiger partial charge < -0.3 is 15.5 Å². The summed E-state index contributed by atoms with van der Waals surface area (Å²) in [6.45, 7) is 11.1. The highest BCUT2D eigenvalue weighted by Gasteiger charge is 2.21. The van der Waals surface area contributed by atoms with Crippen LogP contribution in [0, 0.1) is 12.8 Å². The van der Waals surface area contributed by atoms with Crippen molar-refractivity contribution in [2.24, 2.45) is 5.92 Å². The van der Waals surface area contributed by atoms with Crippen molar-refractivity contribution < 1.29 is 0 Å². The Morgan fingerprint density at radius 1 is 1.24 bits per heavy atom. The van der Waals surface area contributed by atoms with Gasteiger partial charge in [0, 0.05) is 32.1 Å². The normalized spacial score (nSPS) is 19.0. The Hall–Kier alpha value is -1.36. The number of aryl methyl sites for hydroxylation is 1. The lowest BCUT2D eigenvalue weighted by Gasteiger charge is -2.17. The molecule has 5 nitrogen and oxygen atoms in total. The van der Waals surface area contributed by atoms with E-state index in [4.69, 9.17) is 4.98 Å². The highest BCUT2D eigenvalue weighted by Crippen LogP contribution is 2.22. The standard InChI is InChI=1S/C16H29N5/c1-5-7-14-19-15(17-4)12(3)16(20-14)18-10-13-8-9-21(6-2)11-13/h13H,5-11H2,1-4H3,(H2,17,18,19,20). The molecule has 5 heteroatoms. The van der Waals surface area contributed by atoms with Crippen LogP contribution >= 0.6 is 0 Å². The second-order valence-corrected chi connectivity index (χ2v) is 5.89. The number of anilines is 2. The lowest BCUT2D eigenvalue weighted by atomic mass is 10.1. The number of rotatable bonds is 7. The monoisotopic (exact) mass is 291 g/mol. The van der Waals surface area contributed by atoms with E-state index in [0.717, 1.165) is 54.9 Å². The van der Waals surface area contributed by atoms with E-state index in [0.29, 0.717) is 0 Å². The summed E-state index contributed by atoms with van der Waals surface area (Å²) in [6, 6.07) is 0. The molecule has 0 saturated carbocycles. The van der Waals surface area contributed by atoms with Gasteiger partial charge in [0.1, 0.15) is 17.5 Å². The molecule has 0 amide bonds. The molecule has 1 aromatic heterocycles. The Kier molecular flexibility index (Phi) is 5.79. The predicted molar refractivity (Wildman–Crippen MR) is 89.0 cm³/mol. The van der Waals surface area contributed by atoms with Crippen LogP contribution in [0.25, 0.3) is 0 Å². The van der Waals surface area contributed by atoms with Crippen LogP contribution in [0.2, 0.25) is 0 Å². The van der Waals surface area contributed by atoms with Crippen LogP contribution in [0.5, 0.6) is 0 Å². The largest absolute Gasteiger partial charge is 0.373 e. The molecule has 0 bridgehead atoms. The van der Waals surface area contributed by atoms with Crippen molar-refractivity contribution in [1.29, 1.82) is 0 Å². The van der Waals surface area contributed by atoms with Gasteiger partial charge >= 0.3 is 0 Å². The van der Waals surface area contributed by atoms with E-state index in [-0.39, 0.29) is 0 Å². The van der Waals surface area contributed by atoms with Crippen molar-refractivity contribution in [3.8, 4) is 0 Å². The summed E-state index contributed by atoms with van der Waals surface area (Å²) >= 11 is 0. The minimum absolute atomic E-state index is 0.729. The highest BCUT2D eigenvalue weighted by molar-refractivity contribution is 5.57. The Morgan fingerprint density at radius 2 is 2.00 bits per heavy atom. The summed E-state index contributed by atoms with van der Waals surface area (Å²) in [5, 5.41) is 6.73. The lowest BCUT2D eigenvalue weighted by Crippen LogP contribution is -2.23. The van der Waals surface area contributed by atoms with E-state index in [1.54, 1.807) is 0 Å². The lowest BCUT2D eigenvalue weighted by molar-refractivity contribution is 0.345. The molecule has 1 unspecified atom stereocenters. The van der Waals surface area contributed by atoms with E-state index < -0.39 is 0 Å². The third-order valence-electron chi connectivity index (χ3n) is 4.28. The van der Waals surface area contributed by atoms with Gasteiger partial charge in [-0.3, -0.25) is 0 Å². The fraction of sp³-hybridized carbons (Fsp3) is 0.750. The second-order valence-electron chi connectivity index (χ2n) is 5.89. The van der Waals surface area contributed by atoms with Gasteiger partial charge in [0.05, 0.1) is 0 Å². The van der Waals surface area contributed by atoms with Crippen molar-refractivity contribution in [2.45, 2.75) is 40.0 Å². The molecule has 1 aromatic rings. The number of nitrogens with one attached hydrogen (secondary N) is 2. The first kappa shape index (κ1) is 16.0. The predicted octanol–water partition coefficient (Wildman–Crippen LogP) is 2.53. The molecular formula is C16H29N5. The SMILES string of the molecule is CCCc1nc(NC)c(C)c(NCC2CCN(CC)C2)n1. The first-order valence-corrected chi connectivity index (χ1v) is 8.19. The van der Waals surface area contributed by atoms with E-state index in [9.17, 15) is 0 Å². The van der Waals surface area contributed by atoms with Gasteiger partial charge in [0.15, 0.2) is 0 Å². The molecule has 1 fully saturated rings. The molecule has 0 aliphatic carbocycles. The van der Waals surface area contributed by atoms with E-state index in [2.05, 4.69) is 41.3 Å². The zero-order chi connectivity index (χ0) is 15.2. The maximum Gasteiger partial charge on any atom is 0.134 e. The van der Waals surface area contributed by atoms with Gasteiger partial charge in [-0.15, -0.1) is 0 Å². The smallest absolute Gasteiger partial charge is 0.134 e. The molecule has 1 atom stereocenters. The summed E-state index contributed by atoms with van der Waals surface area (Å²) < 4.78 is 0. The molecule has 0 aromatic carbocycles. The van der Waals surface area contributed by atoms with Gasteiger partial charge in [0.2, 0.25) is 0 Å². The quantitative estimate of drug-likeness (QED) is 0.808. The molecule has 0 radical (unpaired) electrons. The molecule has 118 valence electrons. The number of nitrogens with zero attached hydrogens (tertiary/aromatic N) is 3. The van der Waals surface area contributed by atoms with Crippen molar-refractivity contribution in [2.75, 3.05) is 43.9 Å². The first-order chi connectivity index (χ1) is 10.2.